The van der Waals surface area contributed by atoms with E-state index in [-0.39, 0.29) is 12.5 Å². The van der Waals surface area contributed by atoms with E-state index >= 15 is 0 Å². The first-order valence-corrected chi connectivity index (χ1v) is 7.33. The third kappa shape index (κ3) is 4.32. The van der Waals surface area contributed by atoms with E-state index in [9.17, 15) is 9.59 Å². The Kier molecular flexibility index (Phi) is 4.94. The molecule has 1 heterocycles. The Hall–Kier alpha value is -2.34. The molecule has 2 amide bonds. The minimum absolute atomic E-state index is 0.120. The molecule has 0 bridgehead atoms. The number of anilines is 1. The highest BCUT2D eigenvalue weighted by atomic mass is 32.1. The lowest BCUT2D eigenvalue weighted by molar-refractivity contribution is -0.136. The Labute approximate surface area is 126 Å². The number of benzene rings is 1. The van der Waals surface area contributed by atoms with Crippen LogP contribution in [-0.2, 0) is 17.8 Å². The lowest BCUT2D eigenvalue weighted by Gasteiger charge is -2.18. The highest BCUT2D eigenvalue weighted by Crippen LogP contribution is 2.17. The van der Waals surface area contributed by atoms with Crippen molar-refractivity contribution < 1.29 is 14.7 Å². The van der Waals surface area contributed by atoms with Crippen LogP contribution in [0.15, 0.2) is 41.1 Å². The van der Waals surface area contributed by atoms with Crippen LogP contribution in [0.4, 0.5) is 10.5 Å². The summed E-state index contributed by atoms with van der Waals surface area (Å²) in [5.41, 5.74) is 2.18. The van der Waals surface area contributed by atoms with Crippen LogP contribution in [0.3, 0.4) is 0 Å². The molecule has 0 fully saturated rings. The predicted octanol–water partition coefficient (Wildman–Crippen LogP) is 3.04. The molecule has 1 aromatic carbocycles. The summed E-state index contributed by atoms with van der Waals surface area (Å²) in [7, 11) is 1.70. The zero-order valence-corrected chi connectivity index (χ0v) is 12.4. The Morgan fingerprint density at radius 3 is 2.71 bits per heavy atom. The molecule has 0 spiro atoms. The van der Waals surface area contributed by atoms with Gasteiger partial charge in [-0.2, -0.15) is 11.3 Å². The van der Waals surface area contributed by atoms with Crippen molar-refractivity contribution in [2.24, 2.45) is 0 Å². The molecule has 0 saturated carbocycles. The molecule has 0 saturated heterocycles. The number of nitrogens with one attached hydrogen (secondary N) is 1. The van der Waals surface area contributed by atoms with Crippen molar-refractivity contribution in [2.45, 2.75) is 13.0 Å². The van der Waals surface area contributed by atoms with E-state index in [0.29, 0.717) is 17.8 Å². The van der Waals surface area contributed by atoms with E-state index in [2.05, 4.69) is 5.32 Å². The van der Waals surface area contributed by atoms with Gasteiger partial charge in [0.1, 0.15) is 0 Å². The number of amides is 2. The minimum Gasteiger partial charge on any atom is -0.481 e. The average molecular weight is 304 g/mol. The van der Waals surface area contributed by atoms with Gasteiger partial charge in [-0.3, -0.25) is 4.79 Å². The molecule has 110 valence electrons. The second kappa shape index (κ2) is 6.90. The molecule has 2 aromatic rings. The van der Waals surface area contributed by atoms with Gasteiger partial charge in [0.2, 0.25) is 0 Å². The maximum absolute atomic E-state index is 12.1. The number of hydrogen-bond donors (Lipinski definition) is 2. The monoisotopic (exact) mass is 304 g/mol. The average Bonchev–Trinajstić information content (AvgIpc) is 2.93. The second-order valence-electron chi connectivity index (χ2n) is 4.65. The smallest absolute Gasteiger partial charge is 0.321 e. The van der Waals surface area contributed by atoms with E-state index in [4.69, 9.17) is 5.11 Å². The Bertz CT molecular complexity index is 626. The summed E-state index contributed by atoms with van der Waals surface area (Å²) in [4.78, 5) is 24.5. The van der Waals surface area contributed by atoms with Crippen molar-refractivity contribution >= 4 is 29.0 Å². The maximum Gasteiger partial charge on any atom is 0.321 e. The van der Waals surface area contributed by atoms with Crippen molar-refractivity contribution in [1.82, 2.24) is 4.90 Å². The normalized spacial score (nSPS) is 10.1. The van der Waals surface area contributed by atoms with Crippen LogP contribution in [0.5, 0.6) is 0 Å². The predicted molar refractivity (Wildman–Crippen MR) is 82.6 cm³/mol. The molecular weight excluding hydrogens is 288 g/mol. The van der Waals surface area contributed by atoms with Crippen molar-refractivity contribution in [3.05, 3.63) is 52.2 Å². The number of thiophene rings is 1. The fourth-order valence-electron chi connectivity index (χ4n) is 1.90. The van der Waals surface area contributed by atoms with E-state index in [0.717, 1.165) is 5.56 Å². The Morgan fingerprint density at radius 2 is 2.05 bits per heavy atom. The Balaban J connectivity index is 2.03. The molecule has 0 aliphatic rings. The Morgan fingerprint density at radius 1 is 1.29 bits per heavy atom. The quantitative estimate of drug-likeness (QED) is 0.892. The van der Waals surface area contributed by atoms with Gasteiger partial charge in [-0.1, -0.05) is 18.2 Å². The summed E-state index contributed by atoms with van der Waals surface area (Å²) in [6.07, 6.45) is -0.120. The van der Waals surface area contributed by atoms with Crippen LogP contribution >= 0.6 is 11.3 Å². The number of carboxylic acid groups (broad SMARTS) is 1. The summed E-state index contributed by atoms with van der Waals surface area (Å²) >= 11 is 1.58. The molecule has 2 N–H and O–H groups in total. The summed E-state index contributed by atoms with van der Waals surface area (Å²) in [6.45, 7) is 0.510. The third-order valence-corrected chi connectivity index (χ3v) is 3.68. The van der Waals surface area contributed by atoms with E-state index in [1.54, 1.807) is 47.5 Å². The highest BCUT2D eigenvalue weighted by molar-refractivity contribution is 7.07. The maximum atomic E-state index is 12.1. The SMILES string of the molecule is CN(Cc1ccsc1)C(=O)Nc1ccccc1CC(=O)O. The number of nitrogens with zero attached hydrogens (tertiary/aromatic N) is 1. The first kappa shape index (κ1) is 15.1. The van der Waals surface area contributed by atoms with Gasteiger partial charge in [-0.05, 0) is 34.0 Å². The fourth-order valence-corrected chi connectivity index (χ4v) is 2.56. The molecule has 2 rings (SSSR count). The van der Waals surface area contributed by atoms with Crippen LogP contribution in [0, 0.1) is 0 Å². The van der Waals surface area contributed by atoms with Crippen LogP contribution < -0.4 is 5.32 Å². The number of rotatable bonds is 5. The second-order valence-corrected chi connectivity index (χ2v) is 5.43. The lowest BCUT2D eigenvalue weighted by atomic mass is 10.1. The number of carbonyl (C=O) groups excluding carboxylic acids is 1. The van der Waals surface area contributed by atoms with E-state index in [1.807, 2.05) is 16.8 Å². The van der Waals surface area contributed by atoms with Crippen LogP contribution in [0.2, 0.25) is 0 Å². The van der Waals surface area contributed by atoms with Gasteiger partial charge in [-0.25, -0.2) is 4.79 Å². The summed E-state index contributed by atoms with van der Waals surface area (Å²) in [6, 6.07) is 8.62. The highest BCUT2D eigenvalue weighted by Gasteiger charge is 2.13. The van der Waals surface area contributed by atoms with Gasteiger partial charge >= 0.3 is 12.0 Å². The minimum atomic E-state index is -0.927. The van der Waals surface area contributed by atoms with Crippen LogP contribution in [0.1, 0.15) is 11.1 Å². The summed E-state index contributed by atoms with van der Waals surface area (Å²) in [5.74, 6) is -0.927. The number of carboxylic acids is 1. The van der Waals surface area contributed by atoms with Gasteiger partial charge in [0.25, 0.3) is 0 Å². The van der Waals surface area contributed by atoms with Gasteiger partial charge in [0, 0.05) is 19.3 Å². The standard InChI is InChI=1S/C15H16N2O3S/c1-17(9-11-6-7-21-10-11)15(20)16-13-5-3-2-4-12(13)8-14(18)19/h2-7,10H,8-9H2,1H3,(H,16,20)(H,18,19). The molecule has 0 atom stereocenters. The molecule has 6 heteroatoms. The first-order chi connectivity index (χ1) is 10.1. The molecule has 0 aliphatic heterocycles. The van der Waals surface area contributed by atoms with Gasteiger partial charge in [0.05, 0.1) is 6.42 Å². The summed E-state index contributed by atoms with van der Waals surface area (Å²) < 4.78 is 0. The number of carbonyl (C=O) groups is 2. The van der Waals surface area contributed by atoms with Gasteiger partial charge in [-0.15, -0.1) is 0 Å². The van der Waals surface area contributed by atoms with Crippen LogP contribution in [-0.4, -0.2) is 29.1 Å². The molecule has 21 heavy (non-hydrogen) atoms. The number of hydrogen-bond acceptors (Lipinski definition) is 3. The van der Waals surface area contributed by atoms with Crippen molar-refractivity contribution in [1.29, 1.82) is 0 Å². The molecule has 0 aliphatic carbocycles. The molecule has 1 aromatic heterocycles. The number of urea groups is 1. The number of aliphatic carboxylic acids is 1. The third-order valence-electron chi connectivity index (χ3n) is 2.95. The summed E-state index contributed by atoms with van der Waals surface area (Å²) in [5, 5.41) is 15.6. The lowest BCUT2D eigenvalue weighted by Crippen LogP contribution is -2.31. The van der Waals surface area contributed by atoms with Gasteiger partial charge in [0.15, 0.2) is 0 Å². The zero-order chi connectivity index (χ0) is 15.2. The van der Waals surface area contributed by atoms with Crippen molar-refractivity contribution in [2.75, 3.05) is 12.4 Å². The largest absolute Gasteiger partial charge is 0.481 e. The fraction of sp³-hybridized carbons (Fsp3) is 0.200. The molecular formula is C15H16N2O3S. The topological polar surface area (TPSA) is 69.6 Å². The molecule has 5 nitrogen and oxygen atoms in total. The van der Waals surface area contributed by atoms with Crippen LogP contribution in [0.25, 0.3) is 0 Å². The zero-order valence-electron chi connectivity index (χ0n) is 11.6. The number of para-hydroxylation sites is 1. The van der Waals surface area contributed by atoms with Gasteiger partial charge < -0.3 is 15.3 Å². The molecule has 0 radical (unpaired) electrons. The first-order valence-electron chi connectivity index (χ1n) is 6.39. The van der Waals surface area contributed by atoms with E-state index in [1.165, 1.54) is 0 Å². The van der Waals surface area contributed by atoms with Crippen molar-refractivity contribution in [3.63, 3.8) is 0 Å². The molecule has 0 unspecified atom stereocenters. The van der Waals surface area contributed by atoms with E-state index < -0.39 is 5.97 Å². The van der Waals surface area contributed by atoms with Crippen molar-refractivity contribution in [3.8, 4) is 0 Å².